The molecule has 2 rings (SSSR count). The minimum Gasteiger partial charge on any atom is -0.759 e. The van der Waals surface area contributed by atoms with Crippen LogP contribution < -0.4 is 18.9 Å². The summed E-state index contributed by atoms with van der Waals surface area (Å²) < 4.78 is 121. The van der Waals surface area contributed by atoms with Gasteiger partial charge in [-0.25, -0.2) is 0 Å². The number of aliphatic carboxylic acids is 2. The van der Waals surface area contributed by atoms with Crippen molar-refractivity contribution in [3.8, 4) is 23.0 Å². The molecule has 0 aliphatic heterocycles. The predicted molar refractivity (Wildman–Crippen MR) is 169 cm³/mol. The smallest absolute Gasteiger partial charge is 0.759 e. The van der Waals surface area contributed by atoms with E-state index >= 15 is 0 Å². The third-order valence-electron chi connectivity index (χ3n) is 3.90. The number of halogens is 2. The molecular formula is C22H22Fe2I2O22S3. The molecule has 0 fully saturated rings. The molecule has 0 saturated carbocycles. The van der Waals surface area contributed by atoms with E-state index in [0.29, 0.717) is 22.6 Å². The van der Waals surface area contributed by atoms with E-state index in [1.807, 2.05) is 0 Å². The quantitative estimate of drug-likeness (QED) is 0.0684. The first kappa shape index (κ1) is 58.3. The number of hydrogen-bond acceptors (Lipinski definition) is 20. The maximum atomic E-state index is 10.8. The molecule has 2 N–H and O–H groups in total. The largest absolute Gasteiger partial charge is 3.00 e. The van der Waals surface area contributed by atoms with Crippen LogP contribution in [0.25, 0.3) is 0 Å². The van der Waals surface area contributed by atoms with Gasteiger partial charge < -0.3 is 56.5 Å². The van der Waals surface area contributed by atoms with E-state index in [4.69, 9.17) is 81.7 Å². The van der Waals surface area contributed by atoms with Crippen LogP contribution in [0.5, 0.6) is 23.0 Å². The number of carbonyl (C=O) groups is 4. The van der Waals surface area contributed by atoms with Gasteiger partial charge in [0.15, 0.2) is 23.0 Å². The molecule has 22 nitrogen and oxygen atoms in total. The van der Waals surface area contributed by atoms with Gasteiger partial charge >= 0.3 is 58.0 Å². The van der Waals surface area contributed by atoms with Crippen LogP contribution in [0.2, 0.25) is 0 Å². The van der Waals surface area contributed by atoms with E-state index in [-0.39, 0.29) is 45.6 Å². The van der Waals surface area contributed by atoms with Crippen molar-refractivity contribution in [3.63, 3.8) is 0 Å². The molecule has 2 aromatic rings. The summed E-state index contributed by atoms with van der Waals surface area (Å²) in [5.74, 6) is -1.57. The van der Waals surface area contributed by atoms with Gasteiger partial charge in [-0.15, -0.1) is 0 Å². The zero-order chi connectivity index (χ0) is 39.5. The first-order chi connectivity index (χ1) is 21.9. The average Bonchev–Trinajstić information content (AvgIpc) is 2.89. The van der Waals surface area contributed by atoms with Crippen molar-refractivity contribution in [2.24, 2.45) is 0 Å². The zero-order valence-electron chi connectivity index (χ0n) is 25.4. The second kappa shape index (κ2) is 27.6. The summed E-state index contributed by atoms with van der Waals surface area (Å²) in [5.41, 5.74) is 1.15. The summed E-state index contributed by atoms with van der Waals surface area (Å²) in [6.45, 7) is 2.57. The molecule has 29 heteroatoms. The molecule has 0 aliphatic rings. The second-order valence-corrected chi connectivity index (χ2v) is 12.6. The Kier molecular flexibility index (Phi) is 31.6. The first-order valence-corrected chi connectivity index (χ1v) is 17.9. The number of carboxylic acid groups (broad SMARTS) is 2. The molecule has 290 valence electrons. The minimum atomic E-state index is -5.17. The van der Waals surface area contributed by atoms with Gasteiger partial charge in [0.1, 0.15) is 7.85 Å². The molecule has 2 aromatic carbocycles. The summed E-state index contributed by atoms with van der Waals surface area (Å²) in [6, 6.07) is 9.30. The van der Waals surface area contributed by atoms with Crippen molar-refractivity contribution in [1.82, 2.24) is 0 Å². The van der Waals surface area contributed by atoms with Crippen LogP contribution in [0.1, 0.15) is 32.8 Å². The summed E-state index contributed by atoms with van der Waals surface area (Å²) in [4.78, 5) is 43.3. The molecule has 0 bridgehead atoms. The van der Waals surface area contributed by atoms with Crippen LogP contribution in [-0.4, -0.2) is 101 Å². The van der Waals surface area contributed by atoms with Crippen LogP contribution in [0.3, 0.4) is 0 Å². The van der Waals surface area contributed by atoms with E-state index in [0.717, 1.165) is 0 Å². The molecule has 0 heterocycles. The molecule has 0 saturated heterocycles. The standard InChI is InChI=1S/2C11H11IO5.2Fe.3H2O4S/c2*1-6(13)17-8-4-3-7(5-9(8)16-2)10(12)11(14)15;;;3*1-5(2,3)4/h2*3-5,10H,1-2H3,(H,14,15);;;3*(H2,1,2,3,4)/q;;2*+3;;;/p-6. The van der Waals surface area contributed by atoms with E-state index in [9.17, 15) is 19.2 Å². The van der Waals surface area contributed by atoms with Gasteiger partial charge in [-0.2, -0.15) is 0 Å². The molecule has 0 aromatic heterocycles. The van der Waals surface area contributed by atoms with E-state index < -0.39 is 62.9 Å². The number of ether oxygens (including phenoxy) is 4. The summed E-state index contributed by atoms with van der Waals surface area (Å²) in [6.07, 6.45) is 0. The number of carboxylic acids is 2. The van der Waals surface area contributed by atoms with Crippen molar-refractivity contribution >= 4 is 100 Å². The molecule has 2 radical (unpaired) electrons. The topological polar surface area (TPSA) is 386 Å². The minimum absolute atomic E-state index is 0. The fourth-order valence-electron chi connectivity index (χ4n) is 2.45. The molecule has 0 spiro atoms. The van der Waals surface area contributed by atoms with Gasteiger partial charge in [0.2, 0.25) is 0 Å². The van der Waals surface area contributed by atoms with Crippen LogP contribution >= 0.6 is 45.2 Å². The van der Waals surface area contributed by atoms with Gasteiger partial charge in [-0.3, -0.25) is 44.4 Å². The Hall–Kier alpha value is -1.97. The van der Waals surface area contributed by atoms with Gasteiger partial charge in [0.05, 0.1) is 14.2 Å². The van der Waals surface area contributed by atoms with Crippen molar-refractivity contribution in [1.29, 1.82) is 0 Å². The number of carbonyl (C=O) groups excluding carboxylic acids is 2. The fraction of sp³-hybridized carbons (Fsp3) is 0.273. The van der Waals surface area contributed by atoms with E-state index in [1.165, 1.54) is 40.2 Å². The fourth-order valence-corrected chi connectivity index (χ4v) is 3.22. The Morgan fingerprint density at radius 2 is 0.784 bits per heavy atom. The molecular weight excluding hydrogens is 1080 g/mol. The number of benzene rings is 2. The monoisotopic (exact) mass is 1100 g/mol. The van der Waals surface area contributed by atoms with Crippen molar-refractivity contribution < 1.29 is 135 Å². The normalized spacial score (nSPS) is 11.2. The Labute approximate surface area is 338 Å². The molecule has 2 unspecified atom stereocenters. The van der Waals surface area contributed by atoms with Crippen LogP contribution in [0.15, 0.2) is 36.4 Å². The Morgan fingerprint density at radius 1 is 0.569 bits per heavy atom. The van der Waals surface area contributed by atoms with Crippen molar-refractivity contribution in [2.45, 2.75) is 21.7 Å². The maximum absolute atomic E-state index is 10.8. The van der Waals surface area contributed by atoms with Crippen molar-refractivity contribution in [2.75, 3.05) is 14.2 Å². The van der Waals surface area contributed by atoms with Crippen LogP contribution in [0.4, 0.5) is 0 Å². The third kappa shape index (κ3) is 37.6. The predicted octanol–water partition coefficient (Wildman–Crippen LogP) is 0.343. The first-order valence-electron chi connectivity index (χ1n) is 11.4. The maximum Gasteiger partial charge on any atom is 3.00 e. The molecule has 0 aliphatic carbocycles. The van der Waals surface area contributed by atoms with Gasteiger partial charge in [0, 0.05) is 45.0 Å². The number of alkyl halides is 2. The Bertz CT molecular complexity index is 1580. The zero-order valence-corrected chi connectivity index (χ0v) is 34.3. The van der Waals surface area contributed by atoms with Gasteiger partial charge in [-0.1, -0.05) is 57.3 Å². The average molecular weight is 1100 g/mol. The number of esters is 2. The number of rotatable bonds is 8. The number of hydrogen-bond donors (Lipinski definition) is 2. The van der Waals surface area contributed by atoms with E-state index in [1.54, 1.807) is 69.4 Å². The summed E-state index contributed by atoms with van der Waals surface area (Å²) in [5, 5.41) is 17.8. The van der Waals surface area contributed by atoms with Crippen molar-refractivity contribution in [3.05, 3.63) is 47.5 Å². The summed E-state index contributed by atoms with van der Waals surface area (Å²) >= 11 is 3.61. The molecule has 0 amide bonds. The summed E-state index contributed by atoms with van der Waals surface area (Å²) in [7, 11) is -12.6. The second-order valence-electron chi connectivity index (χ2n) is 7.63. The van der Waals surface area contributed by atoms with Crippen LogP contribution in [0, 0.1) is 0 Å². The van der Waals surface area contributed by atoms with Crippen LogP contribution in [-0.2, 0) is 84.5 Å². The molecule has 2 atom stereocenters. The van der Waals surface area contributed by atoms with Gasteiger partial charge in [-0.05, 0) is 35.4 Å². The third-order valence-corrected chi connectivity index (χ3v) is 6.41. The van der Waals surface area contributed by atoms with E-state index in [2.05, 4.69) is 0 Å². The SMILES string of the molecule is COc1cc(C(I)C(=O)O)ccc1OC(C)=O.COc1cc(C(I)C(=O)O)ccc1OC(C)=O.O=S(=O)([O-])[O-].O=S(=O)([O-])[O-].O=S(=O)([O-])[O-].[Fe+3].[Fe+3]. The van der Waals surface area contributed by atoms with Gasteiger partial charge in [0.25, 0.3) is 0 Å². The number of methoxy groups -OCH3 is 2. The Balaban J connectivity index is -0.000000193. The Morgan fingerprint density at radius 3 is 0.941 bits per heavy atom. The molecule has 51 heavy (non-hydrogen) atoms.